The van der Waals surface area contributed by atoms with Crippen molar-refractivity contribution in [2.75, 3.05) is 5.75 Å². The molecular weight excluding hydrogens is 350 g/mol. The number of carbonyl (C=O) groups is 2. The molecule has 0 fully saturated rings. The van der Waals surface area contributed by atoms with Gasteiger partial charge >= 0.3 is 0 Å². The molecule has 0 aliphatic rings. The summed E-state index contributed by atoms with van der Waals surface area (Å²) in [6, 6.07) is 9.97. The third-order valence-electron chi connectivity index (χ3n) is 3.42. The Kier molecular flexibility index (Phi) is 6.35. The molecule has 0 saturated heterocycles. The van der Waals surface area contributed by atoms with Crippen LogP contribution in [0.3, 0.4) is 0 Å². The maximum Gasteiger partial charge on any atom is 0.254 e. The van der Waals surface area contributed by atoms with Crippen LogP contribution in [0.25, 0.3) is 0 Å². The minimum absolute atomic E-state index is 0.0192. The first kappa shape index (κ1) is 18.7. The van der Waals surface area contributed by atoms with Crippen LogP contribution in [0, 0.1) is 11.6 Å². The first-order chi connectivity index (χ1) is 11.9. The molecular formula is C17H16F2N2O3S. The third kappa shape index (κ3) is 5.18. The Morgan fingerprint density at radius 3 is 2.40 bits per heavy atom. The zero-order valence-electron chi connectivity index (χ0n) is 13.1. The Morgan fingerprint density at radius 2 is 1.80 bits per heavy atom. The van der Waals surface area contributed by atoms with Crippen LogP contribution in [0.4, 0.5) is 8.78 Å². The molecule has 0 saturated carbocycles. The van der Waals surface area contributed by atoms with Crippen LogP contribution in [-0.2, 0) is 15.6 Å². The van der Waals surface area contributed by atoms with Crippen LogP contribution in [0.5, 0.6) is 0 Å². The molecule has 2 amide bonds. The molecule has 2 rings (SSSR count). The molecule has 0 bridgehead atoms. The van der Waals surface area contributed by atoms with Gasteiger partial charge < -0.3 is 11.1 Å². The predicted molar refractivity (Wildman–Crippen MR) is 89.1 cm³/mol. The van der Waals surface area contributed by atoms with Crippen molar-refractivity contribution in [3.8, 4) is 0 Å². The van der Waals surface area contributed by atoms with E-state index in [2.05, 4.69) is 5.32 Å². The van der Waals surface area contributed by atoms with E-state index in [9.17, 15) is 22.6 Å². The molecule has 0 unspecified atom stereocenters. The van der Waals surface area contributed by atoms with Crippen LogP contribution < -0.4 is 11.1 Å². The Labute approximate surface area is 145 Å². The monoisotopic (exact) mass is 366 g/mol. The van der Waals surface area contributed by atoms with Gasteiger partial charge in [-0.25, -0.2) is 8.78 Å². The molecule has 0 aromatic heterocycles. The van der Waals surface area contributed by atoms with Gasteiger partial charge in [-0.1, -0.05) is 18.2 Å². The Hall–Kier alpha value is -2.61. The van der Waals surface area contributed by atoms with Crippen molar-refractivity contribution >= 4 is 22.6 Å². The van der Waals surface area contributed by atoms with E-state index in [1.165, 1.54) is 0 Å². The lowest BCUT2D eigenvalue weighted by Gasteiger charge is -2.15. The maximum atomic E-state index is 13.6. The Morgan fingerprint density at radius 1 is 1.12 bits per heavy atom. The van der Waals surface area contributed by atoms with Gasteiger partial charge in [0.1, 0.15) is 17.7 Å². The van der Waals surface area contributed by atoms with Crippen LogP contribution in [0.15, 0.2) is 53.4 Å². The van der Waals surface area contributed by atoms with Crippen molar-refractivity contribution in [1.29, 1.82) is 0 Å². The van der Waals surface area contributed by atoms with E-state index >= 15 is 0 Å². The highest BCUT2D eigenvalue weighted by atomic mass is 32.2. The summed E-state index contributed by atoms with van der Waals surface area (Å²) in [7, 11) is -1.37. The lowest BCUT2D eigenvalue weighted by atomic mass is 10.1. The number of amides is 2. The highest BCUT2D eigenvalue weighted by Gasteiger charge is 2.22. The number of halogens is 2. The average molecular weight is 366 g/mol. The smallest absolute Gasteiger partial charge is 0.254 e. The summed E-state index contributed by atoms with van der Waals surface area (Å²) in [4.78, 5) is 24.1. The summed E-state index contributed by atoms with van der Waals surface area (Å²) in [5.41, 5.74) is 4.84. The molecule has 0 heterocycles. The van der Waals surface area contributed by atoms with Gasteiger partial charge in [-0.2, -0.15) is 0 Å². The summed E-state index contributed by atoms with van der Waals surface area (Å²) < 4.78 is 38.7. The molecule has 0 spiro atoms. The molecule has 3 N–H and O–H groups in total. The Bertz CT molecular complexity index is 800. The molecule has 132 valence electrons. The second-order valence-electron chi connectivity index (χ2n) is 5.20. The van der Waals surface area contributed by atoms with Crippen molar-refractivity contribution in [1.82, 2.24) is 5.32 Å². The van der Waals surface area contributed by atoms with Gasteiger partial charge in [-0.05, 0) is 30.7 Å². The van der Waals surface area contributed by atoms with Crippen molar-refractivity contribution in [2.24, 2.45) is 5.73 Å². The van der Waals surface area contributed by atoms with Crippen molar-refractivity contribution < 1.29 is 22.6 Å². The molecule has 2 aromatic carbocycles. The number of nitrogens with one attached hydrogen (secondary N) is 1. The Balaban J connectivity index is 2.02. The van der Waals surface area contributed by atoms with Crippen molar-refractivity contribution in [3.05, 3.63) is 65.7 Å². The average Bonchev–Trinajstić information content (AvgIpc) is 2.58. The fraction of sp³-hybridized carbons (Fsp3) is 0.176. The summed E-state index contributed by atoms with van der Waals surface area (Å²) in [5, 5.41) is 2.29. The molecule has 25 heavy (non-hydrogen) atoms. The van der Waals surface area contributed by atoms with Crippen LogP contribution >= 0.6 is 0 Å². The van der Waals surface area contributed by atoms with E-state index in [1.54, 1.807) is 30.3 Å². The number of rotatable bonds is 7. The molecule has 5 nitrogen and oxygen atoms in total. The molecule has 2 atom stereocenters. The van der Waals surface area contributed by atoms with Gasteiger partial charge in [-0.3, -0.25) is 13.8 Å². The quantitative estimate of drug-likeness (QED) is 0.782. The van der Waals surface area contributed by atoms with Crippen molar-refractivity contribution in [3.63, 3.8) is 0 Å². The lowest BCUT2D eigenvalue weighted by Crippen LogP contribution is -2.45. The number of hydrogen-bond donors (Lipinski definition) is 2. The number of carbonyl (C=O) groups excluding carboxylic acids is 2. The summed E-state index contributed by atoms with van der Waals surface area (Å²) in [6.07, 6.45) is 0.0192. The van der Waals surface area contributed by atoms with Gasteiger partial charge in [0.25, 0.3) is 5.91 Å². The number of benzene rings is 2. The fourth-order valence-electron chi connectivity index (χ4n) is 2.11. The molecule has 0 aliphatic carbocycles. The van der Waals surface area contributed by atoms with Gasteiger partial charge in [0.2, 0.25) is 5.91 Å². The van der Waals surface area contributed by atoms with E-state index in [-0.39, 0.29) is 12.2 Å². The highest BCUT2D eigenvalue weighted by molar-refractivity contribution is 7.85. The van der Waals surface area contributed by atoms with Crippen LogP contribution in [0.2, 0.25) is 0 Å². The number of primary amides is 1. The summed E-state index contributed by atoms with van der Waals surface area (Å²) >= 11 is 0. The zero-order chi connectivity index (χ0) is 18.4. The fourth-order valence-corrected chi connectivity index (χ4v) is 3.26. The van der Waals surface area contributed by atoms with E-state index in [0.29, 0.717) is 11.0 Å². The van der Waals surface area contributed by atoms with Gasteiger partial charge in [0.05, 0.1) is 16.4 Å². The number of nitrogens with two attached hydrogens (primary N) is 1. The maximum absolute atomic E-state index is 13.6. The van der Waals surface area contributed by atoms with Gasteiger partial charge in [0.15, 0.2) is 0 Å². The first-order valence-corrected chi connectivity index (χ1v) is 8.69. The summed E-state index contributed by atoms with van der Waals surface area (Å²) in [6.45, 7) is 0. The van der Waals surface area contributed by atoms with Gasteiger partial charge in [-0.15, -0.1) is 0 Å². The molecule has 2 aromatic rings. The SMILES string of the molecule is NC(=O)[C@H](CC[S@](=O)c1ccccc1)NC(=O)c1ccc(F)cc1F. The standard InChI is InChI=1S/C17H16F2N2O3S/c18-11-6-7-13(14(19)10-11)17(23)21-15(16(20)22)8-9-25(24)12-4-2-1-3-5-12/h1-7,10,15H,8-9H2,(H2,20,22)(H,21,23)/t15-,25-/m0/s1. The normalized spacial score (nSPS) is 13.0. The highest BCUT2D eigenvalue weighted by Crippen LogP contribution is 2.11. The zero-order valence-corrected chi connectivity index (χ0v) is 13.9. The molecule has 8 heteroatoms. The second-order valence-corrected chi connectivity index (χ2v) is 6.77. The van der Waals surface area contributed by atoms with Gasteiger partial charge in [0, 0.05) is 16.7 Å². The minimum Gasteiger partial charge on any atom is -0.368 e. The third-order valence-corrected chi connectivity index (χ3v) is 4.83. The summed E-state index contributed by atoms with van der Waals surface area (Å²) in [5.74, 6) is -3.51. The first-order valence-electron chi connectivity index (χ1n) is 7.37. The van der Waals surface area contributed by atoms with Crippen LogP contribution in [-0.4, -0.2) is 27.8 Å². The molecule has 0 radical (unpaired) electrons. The lowest BCUT2D eigenvalue weighted by molar-refractivity contribution is -0.119. The minimum atomic E-state index is -1.37. The molecule has 0 aliphatic heterocycles. The second kappa shape index (κ2) is 8.48. The topological polar surface area (TPSA) is 89.3 Å². The van der Waals surface area contributed by atoms with Crippen LogP contribution in [0.1, 0.15) is 16.8 Å². The van der Waals surface area contributed by atoms with E-state index in [0.717, 1.165) is 12.1 Å². The van der Waals surface area contributed by atoms with Crippen molar-refractivity contribution in [2.45, 2.75) is 17.4 Å². The largest absolute Gasteiger partial charge is 0.368 e. The van der Waals surface area contributed by atoms with E-state index < -0.39 is 45.9 Å². The van der Waals surface area contributed by atoms with E-state index in [4.69, 9.17) is 5.73 Å². The predicted octanol–water partition coefficient (Wildman–Crippen LogP) is 1.75. The van der Waals surface area contributed by atoms with E-state index in [1.807, 2.05) is 0 Å². The number of hydrogen-bond acceptors (Lipinski definition) is 3.